The molecule has 0 N–H and O–H groups in total. The third-order valence-corrected chi connectivity index (χ3v) is 5.02. The molecule has 0 bridgehead atoms. The number of aryl methyl sites for hydroxylation is 1. The van der Waals surface area contributed by atoms with E-state index in [0.29, 0.717) is 17.7 Å². The van der Waals surface area contributed by atoms with Gasteiger partial charge in [-0.25, -0.2) is 9.40 Å². The summed E-state index contributed by atoms with van der Waals surface area (Å²) >= 11 is 0. The number of benzene rings is 2. The van der Waals surface area contributed by atoms with Crippen molar-refractivity contribution in [3.8, 4) is 0 Å². The Morgan fingerprint density at radius 1 is 1.16 bits per heavy atom. The fourth-order valence-electron chi connectivity index (χ4n) is 3.44. The van der Waals surface area contributed by atoms with Crippen molar-refractivity contribution < 1.29 is 23.1 Å². The fourth-order valence-corrected chi connectivity index (χ4v) is 3.44. The van der Waals surface area contributed by atoms with E-state index in [2.05, 4.69) is 5.10 Å². The van der Waals surface area contributed by atoms with Gasteiger partial charge in [0.15, 0.2) is 6.61 Å². The minimum Gasteiger partial charge on any atom is -0.467 e. The molecule has 1 aliphatic rings. The lowest BCUT2D eigenvalue weighted by Crippen LogP contribution is -2.31. The zero-order valence-corrected chi connectivity index (χ0v) is 17.0. The number of ether oxygens (including phenoxy) is 1. The molecule has 6 nitrogen and oxygen atoms in total. The van der Waals surface area contributed by atoms with E-state index in [1.807, 2.05) is 31.2 Å². The molecule has 0 fully saturated rings. The number of rotatable bonds is 6. The molecule has 2 heterocycles. The van der Waals surface area contributed by atoms with E-state index < -0.39 is 30.3 Å². The number of carbonyl (C=O) groups is 2. The third-order valence-electron chi connectivity index (χ3n) is 5.02. The number of amides is 1. The first-order valence-corrected chi connectivity index (χ1v) is 9.89. The second-order valence-electron chi connectivity index (χ2n) is 7.35. The molecule has 1 amide bonds. The number of hydrazone groups is 1. The van der Waals surface area contributed by atoms with Crippen molar-refractivity contribution in [1.29, 1.82) is 0 Å². The van der Waals surface area contributed by atoms with E-state index in [4.69, 9.17) is 9.15 Å². The number of hydrogen-bond donors (Lipinski definition) is 0. The highest BCUT2D eigenvalue weighted by atomic mass is 19.1. The Hall–Kier alpha value is -3.74. The summed E-state index contributed by atoms with van der Waals surface area (Å²) in [7, 11) is 0. The summed E-state index contributed by atoms with van der Waals surface area (Å²) in [5.41, 5.74) is 3.27. The molecule has 0 unspecified atom stereocenters. The normalized spacial score (nSPS) is 15.6. The van der Waals surface area contributed by atoms with Crippen LogP contribution in [0.15, 0.2) is 76.4 Å². The van der Waals surface area contributed by atoms with Crippen molar-refractivity contribution in [3.05, 3.63) is 95.2 Å². The largest absolute Gasteiger partial charge is 0.467 e. The Morgan fingerprint density at radius 3 is 2.68 bits per heavy atom. The molecule has 0 spiro atoms. The standard InChI is InChI=1S/C24H21FN2O4/c1-16-7-9-18(10-8-16)20-14-21(22-6-3-11-30-22)27(26-20)23(28)15-31-24(29)13-17-4-2-5-19(25)12-17/h2-12,21H,13-15H2,1H3/t21-/m0/s1. The minimum atomic E-state index is -0.615. The second kappa shape index (κ2) is 8.95. The molecule has 1 atom stereocenters. The molecular weight excluding hydrogens is 399 g/mol. The molecule has 1 aromatic heterocycles. The molecule has 1 aliphatic heterocycles. The lowest BCUT2D eigenvalue weighted by atomic mass is 10.0. The van der Waals surface area contributed by atoms with Gasteiger partial charge in [0, 0.05) is 6.42 Å². The van der Waals surface area contributed by atoms with Crippen LogP contribution in [0, 0.1) is 12.7 Å². The van der Waals surface area contributed by atoms with Crippen LogP contribution in [0.2, 0.25) is 0 Å². The predicted molar refractivity (Wildman–Crippen MR) is 112 cm³/mol. The first kappa shape index (κ1) is 20.5. The molecule has 7 heteroatoms. The van der Waals surface area contributed by atoms with Gasteiger partial charge in [-0.2, -0.15) is 5.10 Å². The maximum absolute atomic E-state index is 13.3. The average Bonchev–Trinajstić information content (AvgIpc) is 3.42. The zero-order chi connectivity index (χ0) is 21.8. The van der Waals surface area contributed by atoms with Crippen LogP contribution in [0.5, 0.6) is 0 Å². The quantitative estimate of drug-likeness (QED) is 0.561. The van der Waals surface area contributed by atoms with Gasteiger partial charge < -0.3 is 9.15 Å². The van der Waals surface area contributed by atoms with Gasteiger partial charge in [-0.3, -0.25) is 9.59 Å². The smallest absolute Gasteiger partial charge is 0.310 e. The van der Waals surface area contributed by atoms with E-state index in [9.17, 15) is 14.0 Å². The number of carbonyl (C=O) groups excluding carboxylic acids is 2. The number of hydrogen-bond acceptors (Lipinski definition) is 5. The SMILES string of the molecule is Cc1ccc(C2=NN(C(=O)COC(=O)Cc3cccc(F)c3)[C@H](c3ccco3)C2)cc1. The molecule has 0 radical (unpaired) electrons. The summed E-state index contributed by atoms with van der Waals surface area (Å²) in [4.78, 5) is 24.9. The van der Waals surface area contributed by atoms with Crippen LogP contribution < -0.4 is 0 Å². The minimum absolute atomic E-state index is 0.120. The van der Waals surface area contributed by atoms with Gasteiger partial charge in [0.2, 0.25) is 0 Å². The Labute approximate surface area is 178 Å². The molecule has 0 saturated carbocycles. The van der Waals surface area contributed by atoms with Crippen molar-refractivity contribution in [1.82, 2.24) is 5.01 Å². The summed E-state index contributed by atoms with van der Waals surface area (Å²) in [6.07, 6.45) is 1.91. The van der Waals surface area contributed by atoms with E-state index in [-0.39, 0.29) is 6.42 Å². The molecule has 2 aromatic carbocycles. The Morgan fingerprint density at radius 2 is 1.97 bits per heavy atom. The van der Waals surface area contributed by atoms with Gasteiger partial charge in [0.25, 0.3) is 5.91 Å². The molecule has 31 heavy (non-hydrogen) atoms. The van der Waals surface area contributed by atoms with Crippen molar-refractivity contribution in [3.63, 3.8) is 0 Å². The number of halogens is 1. The predicted octanol–water partition coefficient (Wildman–Crippen LogP) is 4.19. The summed E-state index contributed by atoms with van der Waals surface area (Å²) in [6.45, 7) is 1.54. The Balaban J connectivity index is 1.45. The molecular formula is C24H21FN2O4. The van der Waals surface area contributed by atoms with Gasteiger partial charge in [0.05, 0.1) is 18.4 Å². The summed E-state index contributed by atoms with van der Waals surface area (Å²) in [5, 5.41) is 5.81. The fraction of sp³-hybridized carbons (Fsp3) is 0.208. The van der Waals surface area contributed by atoms with E-state index in [1.54, 1.807) is 24.5 Å². The first-order valence-electron chi connectivity index (χ1n) is 9.89. The second-order valence-corrected chi connectivity index (χ2v) is 7.35. The van der Waals surface area contributed by atoms with Crippen molar-refractivity contribution in [2.24, 2.45) is 5.10 Å². The highest BCUT2D eigenvalue weighted by Gasteiger charge is 2.35. The lowest BCUT2D eigenvalue weighted by molar-refractivity contribution is -0.152. The third kappa shape index (κ3) is 4.88. The highest BCUT2D eigenvalue weighted by Crippen LogP contribution is 2.33. The lowest BCUT2D eigenvalue weighted by Gasteiger charge is -2.19. The van der Waals surface area contributed by atoms with Crippen LogP contribution in [0.3, 0.4) is 0 Å². The zero-order valence-electron chi connectivity index (χ0n) is 17.0. The molecule has 4 rings (SSSR count). The van der Waals surface area contributed by atoms with Gasteiger partial charge in [-0.1, -0.05) is 42.0 Å². The van der Waals surface area contributed by atoms with Gasteiger partial charge in [-0.05, 0) is 42.3 Å². The molecule has 0 saturated heterocycles. The number of esters is 1. The van der Waals surface area contributed by atoms with Crippen LogP contribution in [0.4, 0.5) is 4.39 Å². The van der Waals surface area contributed by atoms with Crippen LogP contribution in [-0.2, 0) is 20.7 Å². The van der Waals surface area contributed by atoms with Crippen LogP contribution in [-0.4, -0.2) is 29.2 Å². The average molecular weight is 420 g/mol. The van der Waals surface area contributed by atoms with E-state index >= 15 is 0 Å². The van der Waals surface area contributed by atoms with Gasteiger partial charge in [-0.15, -0.1) is 0 Å². The maximum atomic E-state index is 13.3. The monoisotopic (exact) mass is 420 g/mol. The summed E-state index contributed by atoms with van der Waals surface area (Å²) < 4.78 is 23.9. The number of nitrogens with zero attached hydrogens (tertiary/aromatic N) is 2. The van der Waals surface area contributed by atoms with Crippen molar-refractivity contribution in [2.75, 3.05) is 6.61 Å². The molecule has 158 valence electrons. The number of furan rings is 1. The molecule has 0 aliphatic carbocycles. The topological polar surface area (TPSA) is 72.1 Å². The maximum Gasteiger partial charge on any atom is 0.310 e. The summed E-state index contributed by atoms with van der Waals surface area (Å²) in [5.74, 6) is -0.908. The van der Waals surface area contributed by atoms with Crippen molar-refractivity contribution >= 4 is 17.6 Å². The van der Waals surface area contributed by atoms with Crippen LogP contribution >= 0.6 is 0 Å². The highest BCUT2D eigenvalue weighted by molar-refractivity contribution is 6.03. The van der Waals surface area contributed by atoms with E-state index in [1.165, 1.54) is 23.2 Å². The molecule has 3 aromatic rings. The first-order chi connectivity index (χ1) is 15.0. The summed E-state index contributed by atoms with van der Waals surface area (Å²) in [6, 6.07) is 16.7. The van der Waals surface area contributed by atoms with Crippen LogP contribution in [0.1, 0.15) is 34.9 Å². The van der Waals surface area contributed by atoms with Crippen molar-refractivity contribution in [2.45, 2.75) is 25.8 Å². The van der Waals surface area contributed by atoms with Gasteiger partial charge >= 0.3 is 5.97 Å². The van der Waals surface area contributed by atoms with Crippen LogP contribution in [0.25, 0.3) is 0 Å². The Bertz CT molecular complexity index is 1110. The van der Waals surface area contributed by atoms with Gasteiger partial charge in [0.1, 0.15) is 17.6 Å². The Kier molecular flexibility index (Phi) is 5.93. The van der Waals surface area contributed by atoms with E-state index in [0.717, 1.165) is 16.8 Å².